The number of aliphatic hydroxyl groups excluding tert-OH is 1. The highest BCUT2D eigenvalue weighted by atomic mass is 32.2. The minimum atomic E-state index is -2.30. The Balaban J connectivity index is 1.62. The zero-order valence-electron chi connectivity index (χ0n) is 22.1. The van der Waals surface area contributed by atoms with Crippen molar-refractivity contribution in [3.63, 3.8) is 0 Å². The lowest BCUT2D eigenvalue weighted by atomic mass is 9.45. The van der Waals surface area contributed by atoms with Crippen molar-refractivity contribution in [2.75, 3.05) is 6.61 Å². The number of rotatable bonds is 4. The van der Waals surface area contributed by atoms with Gasteiger partial charge in [0.1, 0.15) is 11.1 Å². The summed E-state index contributed by atoms with van der Waals surface area (Å²) in [5.41, 5.74) is -6.75. The summed E-state index contributed by atoms with van der Waals surface area (Å²) in [6.07, 6.45) is 0.831. The molecule has 0 radical (unpaired) electrons. The molecule has 7 nitrogen and oxygen atoms in total. The molecule has 1 N–H and O–H groups in total. The highest BCUT2D eigenvalue weighted by Crippen LogP contribution is 2.72. The number of thioether (sulfide) groups is 1. The van der Waals surface area contributed by atoms with Gasteiger partial charge in [-0.3, -0.25) is 19.2 Å². The quantitative estimate of drug-likeness (QED) is 0.518. The van der Waals surface area contributed by atoms with E-state index in [9.17, 15) is 24.3 Å². The number of halogens is 2. The Kier molecular flexibility index (Phi) is 6.50. The summed E-state index contributed by atoms with van der Waals surface area (Å²) >= 11 is 0.772. The molecule has 1 heterocycles. The lowest BCUT2D eigenvalue weighted by Crippen LogP contribution is -2.69. The van der Waals surface area contributed by atoms with Crippen LogP contribution in [-0.4, -0.2) is 57.2 Å². The minimum absolute atomic E-state index is 0.00468. The van der Waals surface area contributed by atoms with Gasteiger partial charge in [-0.15, -0.1) is 0 Å². The molecule has 0 amide bonds. The molecule has 0 aromatic heterocycles. The Labute approximate surface area is 224 Å². The molecule has 0 aromatic carbocycles. The Morgan fingerprint density at radius 3 is 2.61 bits per heavy atom. The van der Waals surface area contributed by atoms with E-state index >= 15 is 8.78 Å². The normalized spacial score (nSPS) is 45.8. The van der Waals surface area contributed by atoms with Gasteiger partial charge in [-0.25, -0.2) is 8.78 Å². The predicted octanol–water partition coefficient (Wildman–Crippen LogP) is 4.17. The number of allylic oxidation sites excluding steroid dienone is 4. The maximum absolute atomic E-state index is 17.5. The molecule has 2 saturated carbocycles. The fraction of sp³-hybridized carbons (Fsp3) is 0.714. The summed E-state index contributed by atoms with van der Waals surface area (Å²) in [7, 11) is 0. The Hall–Kier alpha value is -2.07. The van der Waals surface area contributed by atoms with Gasteiger partial charge in [0.15, 0.2) is 17.1 Å². The second kappa shape index (κ2) is 8.98. The maximum atomic E-state index is 17.5. The van der Waals surface area contributed by atoms with Crippen molar-refractivity contribution in [1.82, 2.24) is 0 Å². The van der Waals surface area contributed by atoms with Crippen LogP contribution in [0.1, 0.15) is 66.2 Å². The van der Waals surface area contributed by atoms with E-state index in [2.05, 4.69) is 0 Å². The molecule has 3 fully saturated rings. The Morgan fingerprint density at radius 2 is 1.97 bits per heavy atom. The summed E-state index contributed by atoms with van der Waals surface area (Å²) in [6.45, 7) is 6.79. The lowest BCUT2D eigenvalue weighted by Gasteiger charge is -2.62. The highest BCUT2D eigenvalue weighted by molar-refractivity contribution is 8.14. The zero-order chi connectivity index (χ0) is 27.8. The molecule has 5 rings (SSSR count). The van der Waals surface area contributed by atoms with Gasteiger partial charge in [-0.2, -0.15) is 0 Å². The van der Waals surface area contributed by atoms with Crippen LogP contribution in [0.25, 0.3) is 0 Å². The number of fused-ring (bicyclic) bond motifs is 5. The van der Waals surface area contributed by atoms with Crippen molar-refractivity contribution in [3.05, 3.63) is 23.6 Å². The zero-order valence-corrected chi connectivity index (χ0v) is 22.9. The average molecular weight is 553 g/mol. The SMILES string of the molecule is CCC(=O)O[C@]1(C(=O)SC2CCOC2=O)[C@H](C)CC2C3CC(F)=C4CC(=O)C=CC4(C)[C@@]3(F)[C@@H](O)CC21C. The standard InChI is InChI=1S/C28H34F2O7S/c1-5-22(33)37-28(24(35)38-20-7-9-36-23(20)34)14(2)10-16-17-12-19(29)18-11-15(31)6-8-25(18,3)27(17,30)21(32)13-26(16,28)4/h6,8,14,16-17,20-21,32H,5,7,9-13H2,1-4H3/t14-,16?,17?,20?,21+,25?,26?,27+,28+/m1/s1. The highest BCUT2D eigenvalue weighted by Gasteiger charge is 2.77. The average Bonchev–Trinajstić information content (AvgIpc) is 3.35. The molecule has 0 spiro atoms. The molecule has 5 aliphatic rings. The molecule has 38 heavy (non-hydrogen) atoms. The first kappa shape index (κ1) is 27.5. The van der Waals surface area contributed by atoms with E-state index in [-0.39, 0.29) is 50.1 Å². The van der Waals surface area contributed by atoms with Crippen LogP contribution >= 0.6 is 11.8 Å². The first-order valence-corrected chi connectivity index (χ1v) is 14.2. The molecule has 1 saturated heterocycles. The van der Waals surface area contributed by atoms with Crippen LogP contribution in [0.2, 0.25) is 0 Å². The second-order valence-electron chi connectivity index (χ2n) is 11.9. The molecule has 0 bridgehead atoms. The van der Waals surface area contributed by atoms with Gasteiger partial charge in [0.2, 0.25) is 5.12 Å². The van der Waals surface area contributed by atoms with E-state index in [0.717, 1.165) is 11.8 Å². The van der Waals surface area contributed by atoms with Crippen LogP contribution < -0.4 is 0 Å². The van der Waals surface area contributed by atoms with Crippen molar-refractivity contribution < 1.29 is 42.5 Å². The van der Waals surface area contributed by atoms with E-state index in [0.29, 0.717) is 6.42 Å². The molecule has 9 atom stereocenters. The van der Waals surface area contributed by atoms with Crippen LogP contribution in [0.5, 0.6) is 0 Å². The number of carbonyl (C=O) groups excluding carboxylic acids is 4. The summed E-state index contributed by atoms with van der Waals surface area (Å²) in [6, 6.07) is 0. The fourth-order valence-corrected chi connectivity index (χ4v) is 9.53. The number of aliphatic hydroxyl groups is 1. The van der Waals surface area contributed by atoms with E-state index in [4.69, 9.17) is 9.47 Å². The van der Waals surface area contributed by atoms with Gasteiger partial charge in [0.25, 0.3) is 0 Å². The summed E-state index contributed by atoms with van der Waals surface area (Å²) < 4.78 is 44.1. The van der Waals surface area contributed by atoms with Crippen LogP contribution in [0.4, 0.5) is 8.78 Å². The lowest BCUT2D eigenvalue weighted by molar-refractivity contribution is -0.223. The van der Waals surface area contributed by atoms with E-state index in [1.807, 2.05) is 0 Å². The minimum Gasteiger partial charge on any atom is -0.465 e. The smallest absolute Gasteiger partial charge is 0.319 e. The molecule has 4 aliphatic carbocycles. The number of ether oxygens (including phenoxy) is 2. The third-order valence-corrected chi connectivity index (χ3v) is 11.4. The summed E-state index contributed by atoms with van der Waals surface area (Å²) in [5, 5.41) is 10.3. The maximum Gasteiger partial charge on any atom is 0.319 e. The third-order valence-electron chi connectivity index (χ3n) is 10.2. The largest absolute Gasteiger partial charge is 0.465 e. The van der Waals surface area contributed by atoms with Gasteiger partial charge in [0, 0.05) is 48.3 Å². The van der Waals surface area contributed by atoms with Gasteiger partial charge in [0.05, 0.1) is 12.7 Å². The van der Waals surface area contributed by atoms with E-state index in [1.54, 1.807) is 20.8 Å². The van der Waals surface area contributed by atoms with Gasteiger partial charge in [-0.05, 0) is 37.3 Å². The first-order valence-electron chi connectivity index (χ1n) is 13.3. The molecule has 0 aromatic rings. The van der Waals surface area contributed by atoms with Crippen LogP contribution in [-0.2, 0) is 28.7 Å². The van der Waals surface area contributed by atoms with Crippen molar-refractivity contribution in [2.24, 2.45) is 28.6 Å². The van der Waals surface area contributed by atoms with Gasteiger partial charge < -0.3 is 14.6 Å². The predicted molar refractivity (Wildman–Crippen MR) is 134 cm³/mol. The van der Waals surface area contributed by atoms with Crippen molar-refractivity contribution in [2.45, 2.75) is 88.8 Å². The number of cyclic esters (lactones) is 1. The van der Waals surface area contributed by atoms with Crippen molar-refractivity contribution in [3.8, 4) is 0 Å². The van der Waals surface area contributed by atoms with Gasteiger partial charge in [-0.1, -0.05) is 38.6 Å². The van der Waals surface area contributed by atoms with Crippen LogP contribution in [0.15, 0.2) is 23.6 Å². The summed E-state index contributed by atoms with van der Waals surface area (Å²) in [5.74, 6) is -4.25. The number of hydrogen-bond donors (Lipinski definition) is 1. The topological polar surface area (TPSA) is 107 Å². The summed E-state index contributed by atoms with van der Waals surface area (Å²) in [4.78, 5) is 51.2. The van der Waals surface area contributed by atoms with Crippen LogP contribution in [0.3, 0.4) is 0 Å². The number of ketones is 1. The first-order chi connectivity index (χ1) is 17.8. The Morgan fingerprint density at radius 1 is 1.26 bits per heavy atom. The third kappa shape index (κ3) is 3.41. The number of alkyl halides is 1. The molecular formula is C28H34F2O7S. The fourth-order valence-electron chi connectivity index (χ4n) is 8.24. The number of esters is 2. The van der Waals surface area contributed by atoms with E-state index in [1.165, 1.54) is 19.1 Å². The molecule has 1 aliphatic heterocycles. The monoisotopic (exact) mass is 552 g/mol. The second-order valence-corrected chi connectivity index (χ2v) is 13.1. The van der Waals surface area contributed by atoms with Crippen molar-refractivity contribution >= 4 is 34.6 Å². The van der Waals surface area contributed by atoms with Gasteiger partial charge >= 0.3 is 11.9 Å². The molecule has 208 valence electrons. The number of hydrogen-bond acceptors (Lipinski definition) is 8. The van der Waals surface area contributed by atoms with Crippen LogP contribution in [0, 0.1) is 28.6 Å². The Bertz CT molecular complexity index is 1170. The molecular weight excluding hydrogens is 518 g/mol. The van der Waals surface area contributed by atoms with E-state index < -0.39 is 74.1 Å². The molecule has 5 unspecified atom stereocenters. The van der Waals surface area contributed by atoms with Crippen molar-refractivity contribution in [1.29, 1.82) is 0 Å². The number of carbonyl (C=O) groups is 4. The molecule has 10 heteroatoms.